The zero-order valence-corrected chi connectivity index (χ0v) is 19.6. The molecule has 1 saturated heterocycles. The number of rotatable bonds is 2. The van der Waals surface area contributed by atoms with E-state index in [4.69, 9.17) is 4.74 Å². The first kappa shape index (κ1) is 22.1. The Kier molecular flexibility index (Phi) is 6.17. The predicted molar refractivity (Wildman–Crippen MR) is 119 cm³/mol. The molecule has 0 aromatic carbocycles. The summed E-state index contributed by atoms with van der Waals surface area (Å²) in [5.74, 6) is 4.36. The molecule has 0 N–H and O–H groups in total. The Morgan fingerprint density at radius 2 is 1.59 bits per heavy atom. The molecule has 0 spiro atoms. The van der Waals surface area contributed by atoms with Crippen LogP contribution in [-0.4, -0.2) is 43.0 Å². The van der Waals surface area contributed by atoms with Gasteiger partial charge in [0.1, 0.15) is 5.78 Å². The third-order valence-corrected chi connectivity index (χ3v) is 10.7. The third-order valence-electron chi connectivity index (χ3n) is 10.7. The van der Waals surface area contributed by atoms with Crippen molar-refractivity contribution in [2.75, 3.05) is 26.3 Å². The van der Waals surface area contributed by atoms with Gasteiger partial charge in [0.15, 0.2) is 0 Å². The molecule has 0 bridgehead atoms. The Balaban J connectivity index is 0.00000205. The van der Waals surface area contributed by atoms with Crippen molar-refractivity contribution in [2.45, 2.75) is 84.6 Å². The molecule has 0 unspecified atom stereocenters. The summed E-state index contributed by atoms with van der Waals surface area (Å²) in [4.78, 5) is 15.1. The van der Waals surface area contributed by atoms with Gasteiger partial charge >= 0.3 is 0 Å². The van der Waals surface area contributed by atoms with E-state index in [0.29, 0.717) is 22.5 Å². The van der Waals surface area contributed by atoms with Gasteiger partial charge in [0.05, 0.1) is 13.2 Å². The lowest BCUT2D eigenvalue weighted by atomic mass is 9.44. The monoisotopic (exact) mass is 423 g/mol. The number of Topliss-reactive ketones (excluding diaryl/α,β-unsaturated/α-hetero) is 1. The number of ketones is 1. The molecule has 3 nitrogen and oxygen atoms in total. The molecule has 4 heteroatoms. The number of carbonyl (C=O) groups excluding carboxylic acids is 1. The van der Waals surface area contributed by atoms with Gasteiger partial charge in [-0.3, -0.25) is 9.69 Å². The average molecular weight is 424 g/mol. The largest absolute Gasteiger partial charge is 0.379 e. The molecule has 166 valence electrons. The van der Waals surface area contributed by atoms with Crippen molar-refractivity contribution < 1.29 is 9.53 Å². The number of hydrogen-bond donors (Lipinski definition) is 0. The first-order chi connectivity index (χ1) is 13.4. The topological polar surface area (TPSA) is 29.5 Å². The zero-order chi connectivity index (χ0) is 19.5. The van der Waals surface area contributed by atoms with Crippen molar-refractivity contribution in [3.63, 3.8) is 0 Å². The highest BCUT2D eigenvalue weighted by atomic mass is 35.5. The van der Waals surface area contributed by atoms with E-state index in [2.05, 4.69) is 18.7 Å². The summed E-state index contributed by atoms with van der Waals surface area (Å²) in [6.07, 6.45) is 12.3. The van der Waals surface area contributed by atoms with Crippen LogP contribution in [0.15, 0.2) is 0 Å². The second-order valence-electron chi connectivity index (χ2n) is 11.5. The molecule has 4 aliphatic carbocycles. The lowest BCUT2D eigenvalue weighted by molar-refractivity contribution is -0.137. The van der Waals surface area contributed by atoms with Crippen LogP contribution in [0.5, 0.6) is 0 Å². The summed E-state index contributed by atoms with van der Waals surface area (Å²) in [7, 11) is 0. The van der Waals surface area contributed by atoms with E-state index in [1.807, 2.05) is 6.92 Å². The van der Waals surface area contributed by atoms with Crippen LogP contribution in [-0.2, 0) is 9.53 Å². The molecule has 4 saturated carbocycles. The van der Waals surface area contributed by atoms with Crippen molar-refractivity contribution in [1.82, 2.24) is 4.90 Å². The van der Waals surface area contributed by atoms with Crippen LogP contribution in [0.2, 0.25) is 0 Å². The van der Waals surface area contributed by atoms with Crippen molar-refractivity contribution in [3.8, 4) is 0 Å². The maximum Gasteiger partial charge on any atom is 0.133 e. The Bertz CT molecular complexity index is 620. The molecule has 8 atom stereocenters. The predicted octanol–water partition coefficient (Wildman–Crippen LogP) is 5.36. The minimum absolute atomic E-state index is 0. The number of ether oxygens (including phenoxy) is 1. The summed E-state index contributed by atoms with van der Waals surface area (Å²) in [5, 5.41) is 0. The number of carbonyl (C=O) groups is 1. The Morgan fingerprint density at radius 3 is 2.31 bits per heavy atom. The maximum absolute atomic E-state index is 12.3. The summed E-state index contributed by atoms with van der Waals surface area (Å²) < 4.78 is 5.60. The molecular formula is C25H42ClNO2. The first-order valence-electron chi connectivity index (χ1n) is 12.3. The van der Waals surface area contributed by atoms with Gasteiger partial charge in [-0.2, -0.15) is 0 Å². The molecule has 29 heavy (non-hydrogen) atoms. The number of morpholine rings is 1. The number of halogens is 1. The Hall–Kier alpha value is -0.120. The fourth-order valence-electron chi connectivity index (χ4n) is 9.18. The molecule has 1 aliphatic heterocycles. The van der Waals surface area contributed by atoms with Gasteiger partial charge in [0.25, 0.3) is 0 Å². The van der Waals surface area contributed by atoms with Gasteiger partial charge in [-0.1, -0.05) is 13.8 Å². The summed E-state index contributed by atoms with van der Waals surface area (Å²) >= 11 is 0. The highest BCUT2D eigenvalue weighted by Gasteiger charge is 2.60. The number of nitrogens with zero attached hydrogens (tertiary/aromatic N) is 1. The van der Waals surface area contributed by atoms with Crippen LogP contribution >= 0.6 is 12.4 Å². The van der Waals surface area contributed by atoms with Crippen LogP contribution in [0, 0.1) is 40.4 Å². The molecule has 5 aliphatic rings. The van der Waals surface area contributed by atoms with Crippen LogP contribution in [0.1, 0.15) is 78.6 Å². The highest BCUT2D eigenvalue weighted by Crippen LogP contribution is 2.67. The molecule has 0 amide bonds. The lowest BCUT2D eigenvalue weighted by Crippen LogP contribution is -2.56. The highest BCUT2D eigenvalue weighted by molar-refractivity contribution is 5.85. The van der Waals surface area contributed by atoms with Gasteiger partial charge in [0.2, 0.25) is 0 Å². The van der Waals surface area contributed by atoms with E-state index in [1.54, 1.807) is 0 Å². The van der Waals surface area contributed by atoms with E-state index >= 15 is 0 Å². The van der Waals surface area contributed by atoms with E-state index in [9.17, 15) is 4.79 Å². The minimum Gasteiger partial charge on any atom is -0.379 e. The normalized spacial score (nSPS) is 50.0. The van der Waals surface area contributed by atoms with Crippen LogP contribution in [0.3, 0.4) is 0 Å². The van der Waals surface area contributed by atoms with Crippen LogP contribution < -0.4 is 0 Å². The van der Waals surface area contributed by atoms with Crippen molar-refractivity contribution in [2.24, 2.45) is 40.4 Å². The molecule has 0 aromatic heterocycles. The fourth-order valence-corrected chi connectivity index (χ4v) is 9.18. The summed E-state index contributed by atoms with van der Waals surface area (Å²) in [5.41, 5.74) is 0.864. The van der Waals surface area contributed by atoms with Crippen molar-refractivity contribution in [1.29, 1.82) is 0 Å². The third kappa shape index (κ3) is 3.42. The van der Waals surface area contributed by atoms with Crippen LogP contribution in [0.4, 0.5) is 0 Å². The van der Waals surface area contributed by atoms with Gasteiger partial charge in [-0.25, -0.2) is 0 Å². The van der Waals surface area contributed by atoms with E-state index in [0.717, 1.165) is 56.0 Å². The van der Waals surface area contributed by atoms with Gasteiger partial charge in [-0.15, -0.1) is 12.4 Å². The molecule has 5 rings (SSSR count). The maximum atomic E-state index is 12.3. The zero-order valence-electron chi connectivity index (χ0n) is 18.8. The molecule has 0 aromatic rings. The van der Waals surface area contributed by atoms with Crippen molar-refractivity contribution in [3.05, 3.63) is 0 Å². The van der Waals surface area contributed by atoms with Gasteiger partial charge in [0, 0.05) is 25.0 Å². The van der Waals surface area contributed by atoms with Crippen molar-refractivity contribution >= 4 is 18.2 Å². The quantitative estimate of drug-likeness (QED) is 0.598. The molecule has 1 heterocycles. The molecular weight excluding hydrogens is 382 g/mol. The average Bonchev–Trinajstić information content (AvgIpc) is 3.05. The molecule has 5 fully saturated rings. The smallest absolute Gasteiger partial charge is 0.133 e. The Morgan fingerprint density at radius 1 is 0.897 bits per heavy atom. The number of fused-ring (bicyclic) bond motifs is 5. The van der Waals surface area contributed by atoms with Gasteiger partial charge in [-0.05, 0) is 99.2 Å². The van der Waals surface area contributed by atoms with E-state index < -0.39 is 0 Å². The second kappa shape index (κ2) is 8.10. The fraction of sp³-hybridized carbons (Fsp3) is 0.960. The SMILES string of the molecule is CC(=O)[C@H]1CC[C@H]2[C@@H]3CC[C@H]4C[C@@H](N5CCOCC5)CC[C@]4(C)[C@H]3CC[C@]12C.Cl. The van der Waals surface area contributed by atoms with Crippen LogP contribution in [0.25, 0.3) is 0 Å². The summed E-state index contributed by atoms with van der Waals surface area (Å²) in [6, 6.07) is 0.806. The number of hydrogen-bond acceptors (Lipinski definition) is 3. The Labute approximate surface area is 184 Å². The minimum atomic E-state index is 0. The van der Waals surface area contributed by atoms with E-state index in [-0.39, 0.29) is 12.4 Å². The standard InChI is InChI=1S/C25H41NO2.ClH/c1-17(27)21-6-7-22-20-5-4-18-16-19(26-12-14-28-15-13-26)8-10-24(18,2)23(20)9-11-25(21,22)3;/h18-23H,4-16H2,1-3H3;1H/t18-,19-,20-,21+,22-,23-,24-,25+;/m0./s1. The van der Waals surface area contributed by atoms with E-state index in [1.165, 1.54) is 57.8 Å². The summed E-state index contributed by atoms with van der Waals surface area (Å²) in [6.45, 7) is 11.2. The van der Waals surface area contributed by atoms with Gasteiger partial charge < -0.3 is 4.74 Å². The lowest BCUT2D eigenvalue weighted by Gasteiger charge is -2.61. The second-order valence-corrected chi connectivity index (χ2v) is 11.5. The first-order valence-corrected chi connectivity index (χ1v) is 12.3. The molecule has 0 radical (unpaired) electrons.